The van der Waals surface area contributed by atoms with Gasteiger partial charge in [-0.25, -0.2) is 9.59 Å². The van der Waals surface area contributed by atoms with Gasteiger partial charge in [-0.05, 0) is 31.0 Å². The number of H-pyrrole nitrogens is 1. The number of carbonyl (C=O) groups excluding carboxylic acids is 1. The molecule has 2 aromatic rings. The van der Waals surface area contributed by atoms with Crippen molar-refractivity contribution in [3.05, 3.63) is 63.3 Å². The van der Waals surface area contributed by atoms with Gasteiger partial charge < -0.3 is 9.47 Å². The second-order valence-corrected chi connectivity index (χ2v) is 5.71. The molecule has 1 aliphatic heterocycles. The maximum absolute atomic E-state index is 11.9. The minimum absolute atomic E-state index is 0.168. The zero-order valence-corrected chi connectivity index (χ0v) is 13.1. The van der Waals surface area contributed by atoms with E-state index in [1.807, 2.05) is 6.07 Å². The Morgan fingerprint density at radius 1 is 1.30 bits per heavy atom. The Bertz CT molecular complexity index is 799. The molecule has 0 unspecified atom stereocenters. The fourth-order valence-electron chi connectivity index (χ4n) is 2.49. The summed E-state index contributed by atoms with van der Waals surface area (Å²) < 4.78 is 12.9. The lowest BCUT2D eigenvalue weighted by atomic mass is 10.2. The molecule has 0 saturated carbocycles. The molecular formula is C16H16N2O4S. The summed E-state index contributed by atoms with van der Waals surface area (Å²) in [5.41, 5.74) is 0.207. The van der Waals surface area contributed by atoms with Gasteiger partial charge in [0, 0.05) is 6.20 Å². The zero-order valence-electron chi connectivity index (χ0n) is 12.3. The molecule has 120 valence electrons. The van der Waals surface area contributed by atoms with Gasteiger partial charge in [0.2, 0.25) is 0 Å². The second kappa shape index (κ2) is 6.89. The number of esters is 1. The molecule has 1 aromatic heterocycles. The maximum Gasteiger partial charge on any atom is 0.338 e. The largest absolute Gasteiger partial charge is 0.459 e. The molecule has 7 heteroatoms. The predicted octanol–water partition coefficient (Wildman–Crippen LogP) is 2.44. The molecule has 23 heavy (non-hydrogen) atoms. The van der Waals surface area contributed by atoms with E-state index in [2.05, 4.69) is 4.98 Å². The fourth-order valence-corrected chi connectivity index (χ4v) is 2.64. The number of carbonyl (C=O) groups is 1. The first kappa shape index (κ1) is 15.6. The first-order chi connectivity index (χ1) is 11.1. The summed E-state index contributed by atoms with van der Waals surface area (Å²) in [5, 5.41) is 0. The van der Waals surface area contributed by atoms with E-state index in [9.17, 15) is 9.59 Å². The normalized spacial score (nSPS) is 20.3. The van der Waals surface area contributed by atoms with Gasteiger partial charge in [0.05, 0.1) is 11.7 Å². The Morgan fingerprint density at radius 2 is 2.09 bits per heavy atom. The van der Waals surface area contributed by atoms with Crippen molar-refractivity contribution in [3.8, 4) is 0 Å². The number of nitrogens with zero attached hydrogens (tertiary/aromatic N) is 1. The van der Waals surface area contributed by atoms with Gasteiger partial charge in [0.25, 0.3) is 0 Å². The van der Waals surface area contributed by atoms with Crippen molar-refractivity contribution in [2.45, 2.75) is 25.2 Å². The highest BCUT2D eigenvalue weighted by atomic mass is 32.1. The van der Waals surface area contributed by atoms with Gasteiger partial charge in [-0.2, -0.15) is 0 Å². The number of aromatic amines is 1. The third kappa shape index (κ3) is 3.75. The number of hydrogen-bond acceptors (Lipinski definition) is 5. The molecule has 0 amide bonds. The highest BCUT2D eigenvalue weighted by Crippen LogP contribution is 2.27. The third-order valence-corrected chi connectivity index (χ3v) is 3.89. The van der Waals surface area contributed by atoms with Gasteiger partial charge in [-0.15, -0.1) is 0 Å². The lowest BCUT2D eigenvalue weighted by Gasteiger charge is -2.15. The molecule has 0 spiro atoms. The summed E-state index contributed by atoms with van der Waals surface area (Å²) in [6.07, 6.45) is 2.43. The van der Waals surface area contributed by atoms with Crippen LogP contribution in [0.15, 0.2) is 47.4 Å². The molecule has 1 saturated heterocycles. The second-order valence-electron chi connectivity index (χ2n) is 5.27. The van der Waals surface area contributed by atoms with Crippen LogP contribution in [0, 0.1) is 4.64 Å². The molecule has 0 radical (unpaired) electrons. The quantitative estimate of drug-likeness (QED) is 0.688. The Kier molecular flexibility index (Phi) is 4.68. The summed E-state index contributed by atoms with van der Waals surface area (Å²) in [4.78, 5) is 26.3. The Morgan fingerprint density at radius 3 is 2.83 bits per heavy atom. The number of ether oxygens (including phenoxy) is 2. The molecular weight excluding hydrogens is 316 g/mol. The van der Waals surface area contributed by atoms with Crippen LogP contribution in [0.1, 0.15) is 29.4 Å². The standard InChI is InChI=1S/C16H16N2O4S/c19-15(11-4-2-1-3-5-11)21-10-12-6-7-14(22-12)18-9-8-13(23)17-16(18)20/h1-5,8-9,12,14H,6-7,10H2,(H,17,20,23)/t12-,14+/m1/s1. The molecule has 6 nitrogen and oxygen atoms in total. The van der Waals surface area contributed by atoms with Crippen LogP contribution < -0.4 is 5.69 Å². The van der Waals surface area contributed by atoms with Crippen molar-refractivity contribution < 1.29 is 14.3 Å². The molecule has 3 rings (SSSR count). The van der Waals surface area contributed by atoms with Crippen molar-refractivity contribution in [3.63, 3.8) is 0 Å². The molecule has 0 bridgehead atoms. The number of nitrogens with one attached hydrogen (secondary N) is 1. The van der Waals surface area contributed by atoms with Crippen LogP contribution in [0.4, 0.5) is 0 Å². The Labute approximate surface area is 137 Å². The Balaban J connectivity index is 1.57. The van der Waals surface area contributed by atoms with E-state index >= 15 is 0 Å². The van der Waals surface area contributed by atoms with Crippen LogP contribution in [-0.4, -0.2) is 28.2 Å². The predicted molar refractivity (Wildman–Crippen MR) is 85.8 cm³/mol. The van der Waals surface area contributed by atoms with Crippen LogP contribution in [0.5, 0.6) is 0 Å². The molecule has 2 atom stereocenters. The van der Waals surface area contributed by atoms with Crippen molar-refractivity contribution in [1.29, 1.82) is 0 Å². The molecule has 1 aromatic carbocycles. The summed E-state index contributed by atoms with van der Waals surface area (Å²) in [5.74, 6) is -0.376. The van der Waals surface area contributed by atoms with Gasteiger partial charge in [-0.3, -0.25) is 9.55 Å². The van der Waals surface area contributed by atoms with E-state index in [0.29, 0.717) is 16.6 Å². The first-order valence-corrected chi connectivity index (χ1v) is 7.73. The van der Waals surface area contributed by atoms with Gasteiger partial charge in [0.1, 0.15) is 17.5 Å². The Hall–Kier alpha value is -2.25. The topological polar surface area (TPSA) is 73.3 Å². The minimum atomic E-state index is -0.376. The molecule has 1 N–H and O–H groups in total. The molecule has 2 heterocycles. The van der Waals surface area contributed by atoms with E-state index in [1.165, 1.54) is 4.57 Å². The minimum Gasteiger partial charge on any atom is -0.459 e. The zero-order chi connectivity index (χ0) is 16.2. The summed E-state index contributed by atoms with van der Waals surface area (Å²) >= 11 is 4.91. The van der Waals surface area contributed by atoms with Crippen molar-refractivity contribution >= 4 is 18.2 Å². The highest BCUT2D eigenvalue weighted by Gasteiger charge is 2.28. The van der Waals surface area contributed by atoms with Crippen LogP contribution >= 0.6 is 12.2 Å². The summed E-state index contributed by atoms with van der Waals surface area (Å²) in [6, 6.07) is 10.4. The van der Waals surface area contributed by atoms with Crippen LogP contribution in [-0.2, 0) is 9.47 Å². The van der Waals surface area contributed by atoms with Crippen LogP contribution in [0.2, 0.25) is 0 Å². The van der Waals surface area contributed by atoms with Gasteiger partial charge in [-0.1, -0.05) is 30.4 Å². The van der Waals surface area contributed by atoms with Gasteiger partial charge in [0.15, 0.2) is 0 Å². The van der Waals surface area contributed by atoms with E-state index in [-0.39, 0.29) is 30.6 Å². The van der Waals surface area contributed by atoms with E-state index in [4.69, 9.17) is 21.7 Å². The maximum atomic E-state index is 11.9. The lowest BCUT2D eigenvalue weighted by molar-refractivity contribution is -0.0340. The van der Waals surface area contributed by atoms with E-state index in [0.717, 1.165) is 6.42 Å². The summed E-state index contributed by atoms with van der Waals surface area (Å²) in [6.45, 7) is 0.168. The monoisotopic (exact) mass is 332 g/mol. The van der Waals surface area contributed by atoms with Crippen LogP contribution in [0.3, 0.4) is 0 Å². The van der Waals surface area contributed by atoms with Gasteiger partial charge >= 0.3 is 11.7 Å². The highest BCUT2D eigenvalue weighted by molar-refractivity contribution is 7.71. The average Bonchev–Trinajstić information content (AvgIpc) is 3.02. The molecule has 1 fully saturated rings. The average molecular weight is 332 g/mol. The molecule has 1 aliphatic rings. The lowest BCUT2D eigenvalue weighted by Crippen LogP contribution is -2.27. The van der Waals surface area contributed by atoms with Crippen molar-refractivity contribution in [2.75, 3.05) is 6.61 Å². The van der Waals surface area contributed by atoms with E-state index < -0.39 is 0 Å². The number of hydrogen-bond donors (Lipinski definition) is 1. The SMILES string of the molecule is O=C(OC[C@H]1CC[C@@H](n2ccc(=S)[nH]c2=O)O1)c1ccccc1. The van der Waals surface area contributed by atoms with Crippen molar-refractivity contribution in [1.82, 2.24) is 9.55 Å². The first-order valence-electron chi connectivity index (χ1n) is 7.32. The fraction of sp³-hybridized carbons (Fsp3) is 0.312. The van der Waals surface area contributed by atoms with E-state index in [1.54, 1.807) is 36.5 Å². The number of benzene rings is 1. The number of rotatable bonds is 4. The third-order valence-electron chi connectivity index (χ3n) is 3.66. The van der Waals surface area contributed by atoms with Crippen LogP contribution in [0.25, 0.3) is 0 Å². The summed E-state index contributed by atoms with van der Waals surface area (Å²) in [7, 11) is 0. The van der Waals surface area contributed by atoms with Crippen molar-refractivity contribution in [2.24, 2.45) is 0 Å². The smallest absolute Gasteiger partial charge is 0.338 e. The molecule has 0 aliphatic carbocycles. The number of aromatic nitrogens is 2.